The molecule has 1 amide bonds. The molecule has 0 atom stereocenters. The highest BCUT2D eigenvalue weighted by molar-refractivity contribution is 7.16. The lowest BCUT2D eigenvalue weighted by molar-refractivity contribution is -0.116. The summed E-state index contributed by atoms with van der Waals surface area (Å²) in [6.45, 7) is 4.04. The molecule has 5 heteroatoms. The third-order valence-electron chi connectivity index (χ3n) is 4.11. The van der Waals surface area contributed by atoms with Crippen molar-refractivity contribution in [2.24, 2.45) is 5.92 Å². The van der Waals surface area contributed by atoms with Crippen molar-refractivity contribution in [3.05, 3.63) is 16.5 Å². The van der Waals surface area contributed by atoms with Gasteiger partial charge in [0.15, 0.2) is 0 Å². The Morgan fingerprint density at radius 3 is 2.73 bits per heavy atom. The van der Waals surface area contributed by atoms with E-state index in [9.17, 15) is 9.59 Å². The van der Waals surface area contributed by atoms with E-state index in [2.05, 4.69) is 5.32 Å². The minimum Gasteiger partial charge on any atom is -0.462 e. The monoisotopic (exact) mass is 323 g/mol. The first-order chi connectivity index (χ1) is 10.6. The summed E-state index contributed by atoms with van der Waals surface area (Å²) in [5.74, 6) is 0.321. The first-order valence-electron chi connectivity index (χ1n) is 8.17. The number of anilines is 1. The van der Waals surface area contributed by atoms with Crippen molar-refractivity contribution in [1.82, 2.24) is 0 Å². The molecule has 122 valence electrons. The van der Waals surface area contributed by atoms with Crippen LogP contribution in [0.15, 0.2) is 6.07 Å². The molecule has 4 nitrogen and oxygen atoms in total. The van der Waals surface area contributed by atoms with Gasteiger partial charge in [-0.1, -0.05) is 32.1 Å². The molecule has 1 N–H and O–H groups in total. The summed E-state index contributed by atoms with van der Waals surface area (Å²) in [4.78, 5) is 25.0. The van der Waals surface area contributed by atoms with Gasteiger partial charge in [-0.3, -0.25) is 4.79 Å². The van der Waals surface area contributed by atoms with Gasteiger partial charge >= 0.3 is 5.97 Å². The topological polar surface area (TPSA) is 55.4 Å². The van der Waals surface area contributed by atoms with Gasteiger partial charge in [0.25, 0.3) is 0 Å². The van der Waals surface area contributed by atoms with Crippen molar-refractivity contribution < 1.29 is 14.3 Å². The Labute approximate surface area is 136 Å². The third-order valence-corrected chi connectivity index (χ3v) is 5.07. The second kappa shape index (κ2) is 8.32. The summed E-state index contributed by atoms with van der Waals surface area (Å²) >= 11 is 1.43. The summed E-state index contributed by atoms with van der Waals surface area (Å²) in [6, 6.07) is 1.78. The number of ether oxygens (including phenoxy) is 1. The van der Waals surface area contributed by atoms with Crippen LogP contribution in [0.4, 0.5) is 5.00 Å². The molecule has 1 aromatic heterocycles. The van der Waals surface area contributed by atoms with Gasteiger partial charge in [-0.2, -0.15) is 0 Å². The first kappa shape index (κ1) is 17.0. The van der Waals surface area contributed by atoms with Crippen molar-refractivity contribution in [1.29, 1.82) is 0 Å². The number of amides is 1. The molecule has 1 aliphatic carbocycles. The maximum absolute atomic E-state index is 12.1. The standard InChI is InChI=1S/C17H25NO3S/c1-3-21-17(20)14-11-12(2)22-16(14)18-15(19)10-9-13-7-5-4-6-8-13/h11,13H,3-10H2,1-2H3,(H,18,19). The maximum atomic E-state index is 12.1. The fourth-order valence-electron chi connectivity index (χ4n) is 2.97. The number of rotatable bonds is 6. The van der Waals surface area contributed by atoms with Crippen molar-refractivity contribution in [2.45, 2.75) is 58.8 Å². The largest absolute Gasteiger partial charge is 0.462 e. The molecule has 0 radical (unpaired) electrons. The number of carbonyl (C=O) groups is 2. The number of nitrogens with one attached hydrogen (secondary N) is 1. The van der Waals surface area contributed by atoms with E-state index in [4.69, 9.17) is 4.74 Å². The van der Waals surface area contributed by atoms with Crippen LogP contribution in [0.1, 0.15) is 67.1 Å². The molecule has 1 heterocycles. The maximum Gasteiger partial charge on any atom is 0.341 e. The lowest BCUT2D eigenvalue weighted by atomic mass is 9.86. The van der Waals surface area contributed by atoms with E-state index >= 15 is 0 Å². The normalized spacial score (nSPS) is 15.5. The number of thiophene rings is 1. The number of carbonyl (C=O) groups excluding carboxylic acids is 2. The Balaban J connectivity index is 1.89. The molecule has 0 bridgehead atoms. The molecule has 0 unspecified atom stereocenters. The first-order valence-corrected chi connectivity index (χ1v) is 8.99. The summed E-state index contributed by atoms with van der Waals surface area (Å²) < 4.78 is 5.04. The van der Waals surface area contributed by atoms with E-state index in [0.717, 1.165) is 11.3 Å². The Hall–Kier alpha value is -1.36. The molecule has 0 saturated heterocycles. The van der Waals surface area contributed by atoms with Crippen molar-refractivity contribution in [3.8, 4) is 0 Å². The van der Waals surface area contributed by atoms with Crippen LogP contribution in [0, 0.1) is 12.8 Å². The van der Waals surface area contributed by atoms with Gasteiger partial charge in [0, 0.05) is 11.3 Å². The predicted molar refractivity (Wildman–Crippen MR) is 89.5 cm³/mol. The Morgan fingerprint density at radius 2 is 2.05 bits per heavy atom. The quantitative estimate of drug-likeness (QED) is 0.782. The number of hydrogen-bond donors (Lipinski definition) is 1. The smallest absolute Gasteiger partial charge is 0.341 e. The van der Waals surface area contributed by atoms with Crippen molar-refractivity contribution in [2.75, 3.05) is 11.9 Å². The molecular formula is C17H25NO3S. The lowest BCUT2D eigenvalue weighted by Gasteiger charge is -2.20. The number of esters is 1. The molecular weight excluding hydrogens is 298 g/mol. The van der Waals surface area contributed by atoms with E-state index in [1.165, 1.54) is 43.4 Å². The summed E-state index contributed by atoms with van der Waals surface area (Å²) in [7, 11) is 0. The number of aryl methyl sites for hydroxylation is 1. The van der Waals surface area contributed by atoms with Crippen LogP contribution in [0.3, 0.4) is 0 Å². The van der Waals surface area contributed by atoms with Crippen LogP contribution >= 0.6 is 11.3 Å². The molecule has 0 aromatic carbocycles. The molecule has 0 spiro atoms. The molecule has 1 saturated carbocycles. The minimum absolute atomic E-state index is 0.00188. The predicted octanol–water partition coefficient (Wildman–Crippen LogP) is 4.53. The SMILES string of the molecule is CCOC(=O)c1cc(C)sc1NC(=O)CCC1CCCCC1. The fourth-order valence-corrected chi connectivity index (χ4v) is 3.88. The summed E-state index contributed by atoms with van der Waals surface area (Å²) in [5, 5.41) is 3.50. The molecule has 1 fully saturated rings. The summed E-state index contributed by atoms with van der Waals surface area (Å²) in [6.07, 6.45) is 7.90. The Morgan fingerprint density at radius 1 is 1.32 bits per heavy atom. The van der Waals surface area contributed by atoms with Crippen molar-refractivity contribution >= 4 is 28.2 Å². The van der Waals surface area contributed by atoms with Crippen LogP contribution in [0.2, 0.25) is 0 Å². The Kier molecular flexibility index (Phi) is 6.43. The fraction of sp³-hybridized carbons (Fsp3) is 0.647. The highest BCUT2D eigenvalue weighted by Gasteiger charge is 2.19. The Bertz CT molecular complexity index is 518. The zero-order chi connectivity index (χ0) is 15.9. The van der Waals surface area contributed by atoms with Gasteiger partial charge in [-0.05, 0) is 32.3 Å². The number of hydrogen-bond acceptors (Lipinski definition) is 4. The van der Waals surface area contributed by atoms with Gasteiger partial charge in [0.1, 0.15) is 5.00 Å². The third kappa shape index (κ3) is 4.83. The molecule has 22 heavy (non-hydrogen) atoms. The zero-order valence-electron chi connectivity index (χ0n) is 13.4. The van der Waals surface area contributed by atoms with Crippen LogP contribution in [-0.4, -0.2) is 18.5 Å². The zero-order valence-corrected chi connectivity index (χ0v) is 14.3. The molecule has 1 aromatic rings. The second-order valence-electron chi connectivity index (χ2n) is 5.91. The van der Waals surface area contributed by atoms with E-state index in [0.29, 0.717) is 29.5 Å². The van der Waals surface area contributed by atoms with Gasteiger partial charge in [0.2, 0.25) is 5.91 Å². The van der Waals surface area contributed by atoms with Crippen LogP contribution in [-0.2, 0) is 9.53 Å². The van der Waals surface area contributed by atoms with E-state index in [1.54, 1.807) is 13.0 Å². The van der Waals surface area contributed by atoms with E-state index in [1.807, 2.05) is 6.92 Å². The van der Waals surface area contributed by atoms with Gasteiger partial charge in [-0.15, -0.1) is 11.3 Å². The molecule has 1 aliphatic rings. The van der Waals surface area contributed by atoms with Crippen molar-refractivity contribution in [3.63, 3.8) is 0 Å². The molecule has 0 aliphatic heterocycles. The average Bonchev–Trinajstić information content (AvgIpc) is 2.87. The van der Waals surface area contributed by atoms with E-state index < -0.39 is 0 Å². The average molecular weight is 323 g/mol. The van der Waals surface area contributed by atoms with Gasteiger partial charge in [0.05, 0.1) is 12.2 Å². The highest BCUT2D eigenvalue weighted by atomic mass is 32.1. The lowest BCUT2D eigenvalue weighted by Crippen LogP contribution is -2.16. The van der Waals surface area contributed by atoms with Crippen LogP contribution in [0.5, 0.6) is 0 Å². The summed E-state index contributed by atoms with van der Waals surface area (Å²) in [5.41, 5.74) is 0.468. The van der Waals surface area contributed by atoms with Crippen LogP contribution < -0.4 is 5.32 Å². The minimum atomic E-state index is -0.366. The van der Waals surface area contributed by atoms with E-state index in [-0.39, 0.29) is 11.9 Å². The molecule has 2 rings (SSSR count). The van der Waals surface area contributed by atoms with Gasteiger partial charge < -0.3 is 10.1 Å². The van der Waals surface area contributed by atoms with Crippen LogP contribution in [0.25, 0.3) is 0 Å². The second-order valence-corrected chi connectivity index (χ2v) is 7.17. The van der Waals surface area contributed by atoms with Gasteiger partial charge in [-0.25, -0.2) is 4.79 Å². The highest BCUT2D eigenvalue weighted by Crippen LogP contribution is 2.30.